The van der Waals surface area contributed by atoms with Gasteiger partial charge in [0.15, 0.2) is 0 Å². The quantitative estimate of drug-likeness (QED) is 0.0610. The van der Waals surface area contributed by atoms with Crippen LogP contribution in [0.4, 0.5) is 83.4 Å². The maximum Gasteiger partial charge on any atom is 0.460 e. The minimum Gasteiger partial charge on any atom is -0.200 e. The normalized spacial score (nSPS) is 15.0. The van der Waals surface area contributed by atoms with Gasteiger partial charge in [0, 0.05) is 6.42 Å². The van der Waals surface area contributed by atoms with Crippen LogP contribution in [0.1, 0.15) is 129 Å². The summed E-state index contributed by atoms with van der Waals surface area (Å²) in [6, 6.07) is 0. The number of hydrogen-bond donors (Lipinski definition) is 0. The lowest BCUT2D eigenvalue weighted by molar-refractivity contribution is -0.468. The first-order valence-electron chi connectivity index (χ1n) is 15.7. The predicted octanol–water partition coefficient (Wildman–Crippen LogP) is 14.1. The van der Waals surface area contributed by atoms with E-state index in [-0.39, 0.29) is 6.42 Å². The molecule has 0 saturated carbocycles. The van der Waals surface area contributed by atoms with Gasteiger partial charge in [-0.2, -0.15) is 83.4 Å². The van der Waals surface area contributed by atoms with Crippen molar-refractivity contribution >= 4 is 0 Å². The smallest absolute Gasteiger partial charge is 0.200 e. The second-order valence-corrected chi connectivity index (χ2v) is 12.0. The summed E-state index contributed by atoms with van der Waals surface area (Å²) in [7, 11) is 0. The summed E-state index contributed by atoms with van der Waals surface area (Å²) in [4.78, 5) is 0. The summed E-state index contributed by atoms with van der Waals surface area (Å²) >= 11 is 0. The zero-order valence-electron chi connectivity index (χ0n) is 26.1. The Morgan fingerprint density at radius 2 is 0.458 bits per heavy atom. The van der Waals surface area contributed by atoms with Crippen LogP contribution in [-0.2, 0) is 0 Å². The number of unbranched alkanes of at least 4 members (excludes halogenated alkanes) is 17. The van der Waals surface area contributed by atoms with Gasteiger partial charge in [0.2, 0.25) is 0 Å². The van der Waals surface area contributed by atoms with E-state index >= 15 is 0 Å². The van der Waals surface area contributed by atoms with Crippen molar-refractivity contribution in [2.75, 3.05) is 0 Å². The van der Waals surface area contributed by atoms with Gasteiger partial charge in [-0.1, -0.05) is 116 Å². The van der Waals surface area contributed by atoms with E-state index in [1.54, 1.807) is 0 Å². The second-order valence-electron chi connectivity index (χ2n) is 12.0. The third-order valence-corrected chi connectivity index (χ3v) is 8.03. The molecule has 0 fully saturated rings. The SMILES string of the molecule is CCCCCCCCCCCCCCCCCCCCC(F)(F)C(F)(F)C(F)(F)C(F)(F)C(F)(F)C(F)(F)C(F)(F)C(F)(F)C(F)(F)F. The van der Waals surface area contributed by atoms with Gasteiger partial charge in [-0.3, -0.25) is 0 Å². The Labute approximate surface area is 266 Å². The fraction of sp³-hybridized carbons (Fsp3) is 1.00. The molecule has 0 spiro atoms. The molecule has 0 saturated heterocycles. The van der Waals surface area contributed by atoms with Gasteiger partial charge in [-0.05, 0) is 6.42 Å². The fourth-order valence-corrected chi connectivity index (χ4v) is 4.80. The average Bonchev–Trinajstić information content (AvgIpc) is 2.95. The Hall–Kier alpha value is -1.33. The van der Waals surface area contributed by atoms with Crippen molar-refractivity contribution < 1.29 is 83.4 Å². The van der Waals surface area contributed by atoms with Crippen LogP contribution in [-0.4, -0.2) is 53.6 Å². The minimum atomic E-state index is -8.87. The molecule has 0 bridgehead atoms. The van der Waals surface area contributed by atoms with Gasteiger partial charge in [-0.15, -0.1) is 0 Å². The van der Waals surface area contributed by atoms with Crippen LogP contribution in [0, 0.1) is 0 Å². The van der Waals surface area contributed by atoms with Crippen molar-refractivity contribution in [3.05, 3.63) is 0 Å². The molecule has 0 aromatic heterocycles. The first-order chi connectivity index (χ1) is 21.6. The molecule has 0 aliphatic rings. The molecule has 0 unspecified atom stereocenters. The topological polar surface area (TPSA) is 0 Å². The summed E-state index contributed by atoms with van der Waals surface area (Å²) in [6.07, 6.45) is 3.11. The molecule has 0 radical (unpaired) electrons. The number of alkyl halides is 19. The molecule has 0 aromatic carbocycles. The largest absolute Gasteiger partial charge is 0.460 e. The van der Waals surface area contributed by atoms with Crippen molar-refractivity contribution in [1.29, 1.82) is 0 Å². The third-order valence-electron chi connectivity index (χ3n) is 8.03. The zero-order chi connectivity index (χ0) is 37.9. The van der Waals surface area contributed by atoms with Gasteiger partial charge in [0.25, 0.3) is 0 Å². The number of hydrogen-bond acceptors (Lipinski definition) is 0. The highest BCUT2D eigenvalue weighted by molar-refractivity contribution is 5.16. The molecule has 0 heterocycles. The van der Waals surface area contributed by atoms with Crippen LogP contribution in [0.2, 0.25) is 0 Å². The lowest BCUT2D eigenvalue weighted by atomic mass is 9.86. The van der Waals surface area contributed by atoms with Crippen LogP contribution in [0.15, 0.2) is 0 Å². The van der Waals surface area contributed by atoms with Crippen LogP contribution in [0.3, 0.4) is 0 Å². The summed E-state index contributed by atoms with van der Waals surface area (Å²) < 4.78 is 254. The van der Waals surface area contributed by atoms with Crippen molar-refractivity contribution in [3.8, 4) is 0 Å². The summed E-state index contributed by atoms with van der Waals surface area (Å²) in [5.74, 6) is -65.9. The highest BCUT2D eigenvalue weighted by Gasteiger charge is 2.96. The van der Waals surface area contributed by atoms with Crippen molar-refractivity contribution in [1.82, 2.24) is 0 Å². The molecule has 0 aromatic rings. The zero-order valence-corrected chi connectivity index (χ0v) is 26.1. The lowest BCUT2D eigenvalue weighted by Gasteiger charge is -2.43. The maximum absolute atomic E-state index is 14.0. The van der Waals surface area contributed by atoms with Crippen LogP contribution < -0.4 is 0 Å². The standard InChI is InChI=1S/C29H41F19/c1-2-3-4-5-6-7-8-9-10-11-12-13-14-15-16-17-18-19-20-21(30,31)22(32,33)23(34,35)24(36,37)25(38,39)26(40,41)27(42,43)28(44,45)29(46,47)48/h2-20H2,1H3. The molecule has 0 aliphatic heterocycles. The minimum absolute atomic E-state index is 0.0409. The molecule has 290 valence electrons. The van der Waals surface area contributed by atoms with Crippen molar-refractivity contribution in [2.24, 2.45) is 0 Å². The molecule has 0 N–H and O–H groups in total. The van der Waals surface area contributed by atoms with E-state index in [9.17, 15) is 83.4 Å². The summed E-state index contributed by atoms with van der Waals surface area (Å²) in [6.45, 7) is 2.14. The Balaban J connectivity index is 4.99. The summed E-state index contributed by atoms with van der Waals surface area (Å²) in [5.41, 5.74) is 0. The van der Waals surface area contributed by atoms with Crippen LogP contribution in [0.5, 0.6) is 0 Å². The molecule has 48 heavy (non-hydrogen) atoms. The Bertz CT molecular complexity index is 909. The first kappa shape index (κ1) is 46.7. The predicted molar refractivity (Wildman–Crippen MR) is 139 cm³/mol. The van der Waals surface area contributed by atoms with Gasteiger partial charge >= 0.3 is 53.6 Å². The fourth-order valence-electron chi connectivity index (χ4n) is 4.80. The Morgan fingerprint density at radius 1 is 0.250 bits per heavy atom. The van der Waals surface area contributed by atoms with Crippen LogP contribution >= 0.6 is 0 Å². The van der Waals surface area contributed by atoms with E-state index in [0.29, 0.717) is 19.3 Å². The van der Waals surface area contributed by atoms with E-state index in [2.05, 4.69) is 6.92 Å². The Morgan fingerprint density at radius 3 is 0.708 bits per heavy atom. The van der Waals surface area contributed by atoms with E-state index in [1.807, 2.05) is 0 Å². The lowest BCUT2D eigenvalue weighted by Crippen LogP contribution is -2.75. The summed E-state index contributed by atoms with van der Waals surface area (Å²) in [5, 5.41) is 0. The molecular weight excluding hydrogens is 709 g/mol. The molecule has 0 nitrogen and oxygen atoms in total. The van der Waals surface area contributed by atoms with Gasteiger partial charge in [-0.25, -0.2) is 0 Å². The van der Waals surface area contributed by atoms with Gasteiger partial charge < -0.3 is 0 Å². The molecule has 0 atom stereocenters. The number of rotatable bonds is 26. The average molecular weight is 751 g/mol. The number of halogens is 19. The molecular formula is C29H41F19. The second kappa shape index (κ2) is 17.7. The first-order valence-corrected chi connectivity index (χ1v) is 15.7. The van der Waals surface area contributed by atoms with Gasteiger partial charge in [0.05, 0.1) is 0 Å². The van der Waals surface area contributed by atoms with Crippen LogP contribution in [0.25, 0.3) is 0 Å². The van der Waals surface area contributed by atoms with E-state index < -0.39 is 72.8 Å². The molecule has 19 heteroatoms. The molecule has 0 rings (SSSR count). The Kier molecular flexibility index (Phi) is 17.2. The van der Waals surface area contributed by atoms with Crippen molar-refractivity contribution in [2.45, 2.75) is 182 Å². The molecule has 0 amide bonds. The van der Waals surface area contributed by atoms with Crippen molar-refractivity contribution in [3.63, 3.8) is 0 Å². The third kappa shape index (κ3) is 10.1. The van der Waals surface area contributed by atoms with E-state index in [4.69, 9.17) is 0 Å². The van der Waals surface area contributed by atoms with Gasteiger partial charge in [0.1, 0.15) is 0 Å². The highest BCUT2D eigenvalue weighted by atomic mass is 19.4. The van der Waals surface area contributed by atoms with E-state index in [1.165, 1.54) is 38.5 Å². The van der Waals surface area contributed by atoms with E-state index in [0.717, 1.165) is 38.5 Å². The monoisotopic (exact) mass is 750 g/mol. The highest BCUT2D eigenvalue weighted by Crippen LogP contribution is 2.65. The maximum atomic E-state index is 14.0. The molecule has 0 aliphatic carbocycles.